The summed E-state index contributed by atoms with van der Waals surface area (Å²) in [5.74, 6) is 0.704. The van der Waals surface area contributed by atoms with Gasteiger partial charge in [-0.1, -0.05) is 19.3 Å². The Labute approximate surface area is 133 Å². The molecule has 104 valence electrons. The number of amides is 1. The van der Waals surface area contributed by atoms with Crippen LogP contribution in [0.15, 0.2) is 18.2 Å². The number of hydrogen-bond acceptors (Lipinski definition) is 2. The normalized spacial score (nSPS) is 16.3. The maximum absolute atomic E-state index is 12.0. The van der Waals surface area contributed by atoms with Crippen LogP contribution in [-0.4, -0.2) is 16.9 Å². The number of carbonyl (C=O) groups excluding carboxylic acids is 1. The molecule has 1 amide bonds. The molecule has 0 aromatic heterocycles. The monoisotopic (exact) mass is 389 g/mol. The van der Waals surface area contributed by atoms with Crippen LogP contribution in [0.1, 0.15) is 37.7 Å². The Hall–Kier alpha value is -0.230. The van der Waals surface area contributed by atoms with E-state index in [1.54, 1.807) is 0 Å². The largest absolute Gasteiger partial charge is 0.325 e. The van der Waals surface area contributed by atoms with Crippen LogP contribution >= 0.6 is 34.4 Å². The number of thioether (sulfide) groups is 1. The van der Waals surface area contributed by atoms with Crippen LogP contribution in [0.4, 0.5) is 5.69 Å². The van der Waals surface area contributed by atoms with E-state index in [4.69, 9.17) is 0 Å². The van der Waals surface area contributed by atoms with Gasteiger partial charge in [-0.25, -0.2) is 0 Å². The number of hydrogen-bond donors (Lipinski definition) is 1. The fraction of sp³-hybridized carbons (Fsp3) is 0.533. The van der Waals surface area contributed by atoms with E-state index in [1.165, 1.54) is 35.7 Å². The minimum absolute atomic E-state index is 0.125. The van der Waals surface area contributed by atoms with Gasteiger partial charge in [0.15, 0.2) is 0 Å². The first-order valence-corrected chi connectivity index (χ1v) is 8.95. The summed E-state index contributed by atoms with van der Waals surface area (Å²) in [6, 6.07) is 6.10. The lowest BCUT2D eigenvalue weighted by Crippen LogP contribution is -2.18. The number of benzene rings is 1. The molecular formula is C15H20INOS. The molecule has 0 saturated heterocycles. The summed E-state index contributed by atoms with van der Waals surface area (Å²) in [5, 5.41) is 3.71. The number of nitrogens with one attached hydrogen (secondary N) is 1. The van der Waals surface area contributed by atoms with Crippen molar-refractivity contribution in [2.45, 2.75) is 44.3 Å². The summed E-state index contributed by atoms with van der Waals surface area (Å²) < 4.78 is 1.20. The fourth-order valence-electron chi connectivity index (χ4n) is 2.38. The smallest absolute Gasteiger partial charge is 0.234 e. The number of aryl methyl sites for hydroxylation is 1. The first-order valence-electron chi connectivity index (χ1n) is 6.83. The lowest BCUT2D eigenvalue weighted by Gasteiger charge is -2.20. The molecule has 0 bridgehead atoms. The van der Waals surface area contributed by atoms with Crippen molar-refractivity contribution < 1.29 is 4.79 Å². The summed E-state index contributed by atoms with van der Waals surface area (Å²) in [6.45, 7) is 2.03. The minimum Gasteiger partial charge on any atom is -0.325 e. The molecule has 1 fully saturated rings. The van der Waals surface area contributed by atoms with E-state index in [-0.39, 0.29) is 5.91 Å². The van der Waals surface area contributed by atoms with Crippen LogP contribution in [-0.2, 0) is 4.79 Å². The van der Waals surface area contributed by atoms with E-state index in [0.29, 0.717) is 11.0 Å². The van der Waals surface area contributed by atoms with E-state index < -0.39 is 0 Å². The van der Waals surface area contributed by atoms with Crippen LogP contribution in [0, 0.1) is 10.5 Å². The number of halogens is 1. The third-order valence-corrected chi connectivity index (χ3v) is 5.51. The van der Waals surface area contributed by atoms with Gasteiger partial charge in [0.2, 0.25) is 5.91 Å². The zero-order valence-corrected chi connectivity index (χ0v) is 14.2. The molecule has 2 nitrogen and oxygen atoms in total. The van der Waals surface area contributed by atoms with Crippen molar-refractivity contribution in [3.05, 3.63) is 27.3 Å². The zero-order chi connectivity index (χ0) is 13.7. The molecule has 1 saturated carbocycles. The van der Waals surface area contributed by atoms with Gasteiger partial charge >= 0.3 is 0 Å². The first kappa shape index (κ1) is 15.2. The highest BCUT2D eigenvalue weighted by molar-refractivity contribution is 14.1. The predicted molar refractivity (Wildman–Crippen MR) is 91.9 cm³/mol. The second-order valence-corrected chi connectivity index (χ2v) is 7.61. The van der Waals surface area contributed by atoms with Crippen molar-refractivity contribution in [2.24, 2.45) is 0 Å². The first-order chi connectivity index (χ1) is 9.15. The summed E-state index contributed by atoms with van der Waals surface area (Å²) in [5.41, 5.74) is 2.07. The molecule has 1 N–H and O–H groups in total. The number of anilines is 1. The Morgan fingerprint density at radius 3 is 2.79 bits per heavy atom. The summed E-state index contributed by atoms with van der Waals surface area (Å²) in [7, 11) is 0. The number of carbonyl (C=O) groups is 1. The summed E-state index contributed by atoms with van der Waals surface area (Å²) in [4.78, 5) is 12.0. The van der Waals surface area contributed by atoms with Gasteiger partial charge < -0.3 is 5.32 Å². The number of rotatable bonds is 4. The van der Waals surface area contributed by atoms with Crippen LogP contribution in [0.3, 0.4) is 0 Å². The molecule has 19 heavy (non-hydrogen) atoms. The maximum atomic E-state index is 12.0. The quantitative estimate of drug-likeness (QED) is 0.763. The second-order valence-electron chi connectivity index (χ2n) is 5.08. The molecule has 1 aliphatic carbocycles. The molecule has 0 aliphatic heterocycles. The molecule has 0 spiro atoms. The van der Waals surface area contributed by atoms with Gasteiger partial charge in [0.05, 0.1) is 5.75 Å². The van der Waals surface area contributed by atoms with Gasteiger partial charge in [0.25, 0.3) is 0 Å². The predicted octanol–water partition coefficient (Wildman–Crippen LogP) is 4.60. The topological polar surface area (TPSA) is 29.1 Å². The third-order valence-electron chi connectivity index (χ3n) is 3.46. The lowest BCUT2D eigenvalue weighted by atomic mass is 10.0. The highest BCUT2D eigenvalue weighted by Gasteiger charge is 2.15. The Morgan fingerprint density at radius 2 is 2.11 bits per heavy atom. The van der Waals surface area contributed by atoms with Gasteiger partial charge in [-0.15, -0.1) is 11.8 Å². The van der Waals surface area contributed by atoms with Gasteiger partial charge in [0, 0.05) is 14.5 Å². The second kappa shape index (κ2) is 7.53. The van der Waals surface area contributed by atoms with E-state index in [2.05, 4.69) is 34.0 Å². The van der Waals surface area contributed by atoms with Crippen LogP contribution in [0.25, 0.3) is 0 Å². The van der Waals surface area contributed by atoms with E-state index in [9.17, 15) is 4.79 Å². The Kier molecular flexibility index (Phi) is 6.01. The van der Waals surface area contributed by atoms with Crippen molar-refractivity contribution in [1.82, 2.24) is 0 Å². The van der Waals surface area contributed by atoms with Crippen molar-refractivity contribution in [1.29, 1.82) is 0 Å². The van der Waals surface area contributed by atoms with Crippen molar-refractivity contribution in [3.8, 4) is 0 Å². The Bertz CT molecular complexity index is 444. The van der Waals surface area contributed by atoms with Crippen LogP contribution in [0.2, 0.25) is 0 Å². The molecular weight excluding hydrogens is 369 g/mol. The fourth-order valence-corrected chi connectivity index (χ4v) is 4.15. The minimum atomic E-state index is 0.125. The average Bonchev–Trinajstić information content (AvgIpc) is 2.41. The van der Waals surface area contributed by atoms with Gasteiger partial charge in [-0.2, -0.15) is 0 Å². The van der Waals surface area contributed by atoms with Crippen molar-refractivity contribution in [3.63, 3.8) is 0 Å². The van der Waals surface area contributed by atoms with E-state index in [0.717, 1.165) is 11.3 Å². The molecule has 1 aromatic rings. The van der Waals surface area contributed by atoms with Gasteiger partial charge in [-0.3, -0.25) is 4.79 Å². The standard InChI is InChI=1S/C15H20INOS/c1-11-9-12(16)7-8-14(11)17-15(18)10-19-13-5-3-2-4-6-13/h7-9,13H,2-6,10H2,1H3,(H,17,18). The molecule has 1 aliphatic rings. The average molecular weight is 389 g/mol. The van der Waals surface area contributed by atoms with E-state index >= 15 is 0 Å². The summed E-state index contributed by atoms with van der Waals surface area (Å²) >= 11 is 4.11. The molecule has 4 heteroatoms. The molecule has 0 unspecified atom stereocenters. The van der Waals surface area contributed by atoms with Gasteiger partial charge in [-0.05, 0) is 66.1 Å². The molecule has 2 rings (SSSR count). The SMILES string of the molecule is Cc1cc(I)ccc1NC(=O)CSC1CCCCC1. The highest BCUT2D eigenvalue weighted by Crippen LogP contribution is 2.28. The molecule has 0 atom stereocenters. The van der Waals surface area contributed by atoms with Crippen LogP contribution < -0.4 is 5.32 Å². The Balaban J connectivity index is 1.80. The molecule has 0 radical (unpaired) electrons. The van der Waals surface area contributed by atoms with Crippen molar-refractivity contribution >= 4 is 45.9 Å². The highest BCUT2D eigenvalue weighted by atomic mass is 127. The molecule has 0 heterocycles. The maximum Gasteiger partial charge on any atom is 0.234 e. The van der Waals surface area contributed by atoms with Crippen molar-refractivity contribution in [2.75, 3.05) is 11.1 Å². The summed E-state index contributed by atoms with van der Waals surface area (Å²) in [6.07, 6.45) is 6.58. The van der Waals surface area contributed by atoms with E-state index in [1.807, 2.05) is 30.8 Å². The van der Waals surface area contributed by atoms with Gasteiger partial charge in [0.1, 0.15) is 0 Å². The molecule has 1 aromatic carbocycles. The Morgan fingerprint density at radius 1 is 1.37 bits per heavy atom. The lowest BCUT2D eigenvalue weighted by molar-refractivity contribution is -0.113. The zero-order valence-electron chi connectivity index (χ0n) is 11.2. The van der Waals surface area contributed by atoms with Crippen LogP contribution in [0.5, 0.6) is 0 Å². The third kappa shape index (κ3) is 4.99.